The maximum absolute atomic E-state index is 5.76. The summed E-state index contributed by atoms with van der Waals surface area (Å²) in [5.41, 5.74) is 0. The van der Waals surface area contributed by atoms with Crippen molar-refractivity contribution >= 4 is 15.9 Å². The molecule has 0 spiro atoms. The lowest BCUT2D eigenvalue weighted by Gasteiger charge is -2.26. The fraction of sp³-hybridized carbons (Fsp3) is 0.455. The van der Waals surface area contributed by atoms with Gasteiger partial charge in [0.2, 0.25) is 0 Å². The van der Waals surface area contributed by atoms with Gasteiger partial charge in [-0.25, -0.2) is 0 Å². The highest BCUT2D eigenvalue weighted by Crippen LogP contribution is 2.35. The summed E-state index contributed by atoms with van der Waals surface area (Å²) in [6, 6.07) is 5.60. The van der Waals surface area contributed by atoms with E-state index in [1.165, 1.54) is 0 Å². The van der Waals surface area contributed by atoms with E-state index in [0.717, 1.165) is 29.0 Å². The van der Waals surface area contributed by atoms with Crippen LogP contribution in [0.1, 0.15) is 6.42 Å². The number of alkyl halides is 1. The molecule has 0 aliphatic carbocycles. The molecular formula is C11H13BrO3. The van der Waals surface area contributed by atoms with Crippen LogP contribution in [-0.4, -0.2) is 25.2 Å². The van der Waals surface area contributed by atoms with Gasteiger partial charge in [0, 0.05) is 11.4 Å². The Labute approximate surface area is 97.5 Å². The van der Waals surface area contributed by atoms with Gasteiger partial charge in [-0.05, 0) is 18.6 Å². The molecule has 1 aliphatic rings. The van der Waals surface area contributed by atoms with Gasteiger partial charge in [-0.1, -0.05) is 15.9 Å². The van der Waals surface area contributed by atoms with E-state index in [-0.39, 0.29) is 6.10 Å². The van der Waals surface area contributed by atoms with E-state index < -0.39 is 0 Å². The Hall–Kier alpha value is -0.900. The number of hydrogen-bond donors (Lipinski definition) is 0. The maximum Gasteiger partial charge on any atom is 0.165 e. The summed E-state index contributed by atoms with van der Waals surface area (Å²) >= 11 is 3.39. The first-order valence-electron chi connectivity index (χ1n) is 4.87. The Balaban J connectivity index is 2.13. The molecule has 4 heteroatoms. The molecule has 3 nitrogen and oxygen atoms in total. The van der Waals surface area contributed by atoms with Crippen molar-refractivity contribution in [1.29, 1.82) is 0 Å². The van der Waals surface area contributed by atoms with Crippen molar-refractivity contribution in [3.8, 4) is 17.2 Å². The lowest BCUT2D eigenvalue weighted by molar-refractivity contribution is 0.0891. The van der Waals surface area contributed by atoms with Crippen LogP contribution in [0.15, 0.2) is 18.2 Å². The van der Waals surface area contributed by atoms with Crippen molar-refractivity contribution in [3.63, 3.8) is 0 Å². The molecule has 1 aromatic carbocycles. The smallest absolute Gasteiger partial charge is 0.165 e. The van der Waals surface area contributed by atoms with Crippen LogP contribution in [0.2, 0.25) is 0 Å². The highest BCUT2D eigenvalue weighted by atomic mass is 79.9. The number of benzene rings is 1. The molecule has 0 N–H and O–H groups in total. The molecule has 1 aliphatic heterocycles. The Morgan fingerprint density at radius 3 is 3.07 bits per heavy atom. The summed E-state index contributed by atoms with van der Waals surface area (Å²) in [5, 5.41) is 0.923. The zero-order valence-electron chi connectivity index (χ0n) is 8.53. The molecule has 0 fully saturated rings. The monoisotopic (exact) mass is 272 g/mol. The van der Waals surface area contributed by atoms with Crippen LogP contribution >= 0.6 is 15.9 Å². The van der Waals surface area contributed by atoms with Crippen LogP contribution in [0.3, 0.4) is 0 Å². The molecule has 1 heterocycles. The summed E-state index contributed by atoms with van der Waals surface area (Å²) < 4.78 is 16.5. The highest BCUT2D eigenvalue weighted by molar-refractivity contribution is 9.09. The Morgan fingerprint density at radius 2 is 2.33 bits per heavy atom. The Bertz CT molecular complexity index is 341. The molecular weight excluding hydrogens is 260 g/mol. The largest absolute Gasteiger partial charge is 0.497 e. The van der Waals surface area contributed by atoms with Gasteiger partial charge in [0.25, 0.3) is 0 Å². The van der Waals surface area contributed by atoms with Crippen molar-refractivity contribution in [2.75, 3.05) is 19.0 Å². The second kappa shape index (κ2) is 4.75. The number of ether oxygens (including phenoxy) is 3. The second-order valence-corrected chi connectivity index (χ2v) is 4.13. The van der Waals surface area contributed by atoms with Gasteiger partial charge >= 0.3 is 0 Å². The summed E-state index contributed by atoms with van der Waals surface area (Å²) in [6.45, 7) is 0.603. The Morgan fingerprint density at radius 1 is 1.47 bits per heavy atom. The molecule has 1 atom stereocenters. The predicted octanol–water partition coefficient (Wildman–Crippen LogP) is 2.62. The number of halogens is 1. The van der Waals surface area contributed by atoms with E-state index in [1.807, 2.05) is 18.2 Å². The summed E-state index contributed by atoms with van der Waals surface area (Å²) in [5.74, 6) is 2.35. The molecule has 0 saturated carbocycles. The number of rotatable bonds is 3. The standard InChI is InChI=1S/C11H13BrO3/c1-13-8-2-3-10-11(6-8)14-7-9(15-10)4-5-12/h2-3,6,9H,4-5,7H2,1H3. The van der Waals surface area contributed by atoms with Crippen molar-refractivity contribution < 1.29 is 14.2 Å². The Kier molecular flexibility index (Phi) is 3.36. The zero-order valence-corrected chi connectivity index (χ0v) is 10.1. The first-order chi connectivity index (χ1) is 7.33. The molecule has 2 rings (SSSR count). The molecule has 0 bridgehead atoms. The minimum atomic E-state index is 0.144. The van der Waals surface area contributed by atoms with E-state index in [9.17, 15) is 0 Å². The number of fused-ring (bicyclic) bond motifs is 1. The van der Waals surface area contributed by atoms with Crippen molar-refractivity contribution in [2.24, 2.45) is 0 Å². The number of methoxy groups -OCH3 is 1. The van der Waals surface area contributed by atoms with Gasteiger partial charge in [0.1, 0.15) is 18.5 Å². The third-order valence-corrected chi connectivity index (χ3v) is 2.76. The molecule has 0 radical (unpaired) electrons. The molecule has 15 heavy (non-hydrogen) atoms. The van der Waals surface area contributed by atoms with Crippen LogP contribution in [0.5, 0.6) is 17.2 Å². The van der Waals surface area contributed by atoms with Crippen LogP contribution in [0.25, 0.3) is 0 Å². The SMILES string of the molecule is COc1ccc2c(c1)OCC(CCBr)O2. The van der Waals surface area contributed by atoms with Crippen LogP contribution in [0, 0.1) is 0 Å². The van der Waals surface area contributed by atoms with Crippen molar-refractivity contribution in [2.45, 2.75) is 12.5 Å². The molecule has 82 valence electrons. The lowest BCUT2D eigenvalue weighted by atomic mass is 10.2. The second-order valence-electron chi connectivity index (χ2n) is 3.34. The zero-order chi connectivity index (χ0) is 10.7. The molecule has 1 aromatic rings. The van der Waals surface area contributed by atoms with Crippen LogP contribution in [-0.2, 0) is 0 Å². The minimum absolute atomic E-state index is 0.144. The van der Waals surface area contributed by atoms with Gasteiger partial charge in [-0.2, -0.15) is 0 Å². The molecule has 0 saturated heterocycles. The molecule has 0 aromatic heterocycles. The normalized spacial score (nSPS) is 18.7. The fourth-order valence-corrected chi connectivity index (χ4v) is 2.00. The molecule has 1 unspecified atom stereocenters. The predicted molar refractivity (Wildman–Crippen MR) is 61.3 cm³/mol. The third-order valence-electron chi connectivity index (χ3n) is 2.30. The van der Waals surface area contributed by atoms with Gasteiger partial charge in [-0.15, -0.1) is 0 Å². The summed E-state index contributed by atoms with van der Waals surface area (Å²) in [7, 11) is 1.64. The third kappa shape index (κ3) is 2.37. The van der Waals surface area contributed by atoms with E-state index in [0.29, 0.717) is 6.61 Å². The van der Waals surface area contributed by atoms with E-state index in [2.05, 4.69) is 15.9 Å². The van der Waals surface area contributed by atoms with Crippen LogP contribution in [0.4, 0.5) is 0 Å². The van der Waals surface area contributed by atoms with Gasteiger partial charge in [0.05, 0.1) is 7.11 Å². The van der Waals surface area contributed by atoms with Crippen LogP contribution < -0.4 is 14.2 Å². The van der Waals surface area contributed by atoms with Gasteiger partial charge in [0.15, 0.2) is 11.5 Å². The van der Waals surface area contributed by atoms with Gasteiger partial charge < -0.3 is 14.2 Å². The van der Waals surface area contributed by atoms with E-state index in [1.54, 1.807) is 7.11 Å². The first-order valence-corrected chi connectivity index (χ1v) is 5.99. The fourth-order valence-electron chi connectivity index (χ4n) is 1.49. The minimum Gasteiger partial charge on any atom is -0.497 e. The summed E-state index contributed by atoms with van der Waals surface area (Å²) in [6.07, 6.45) is 1.09. The van der Waals surface area contributed by atoms with E-state index in [4.69, 9.17) is 14.2 Å². The summed E-state index contributed by atoms with van der Waals surface area (Å²) in [4.78, 5) is 0. The van der Waals surface area contributed by atoms with Gasteiger partial charge in [-0.3, -0.25) is 0 Å². The van der Waals surface area contributed by atoms with E-state index >= 15 is 0 Å². The van der Waals surface area contributed by atoms with Crippen molar-refractivity contribution in [1.82, 2.24) is 0 Å². The number of hydrogen-bond acceptors (Lipinski definition) is 3. The average molecular weight is 273 g/mol. The molecule has 0 amide bonds. The first kappa shape index (κ1) is 10.6. The maximum atomic E-state index is 5.76. The van der Waals surface area contributed by atoms with Crippen molar-refractivity contribution in [3.05, 3.63) is 18.2 Å². The quantitative estimate of drug-likeness (QED) is 0.792. The average Bonchev–Trinajstić information content (AvgIpc) is 2.29. The lowest BCUT2D eigenvalue weighted by Crippen LogP contribution is -2.29. The highest BCUT2D eigenvalue weighted by Gasteiger charge is 2.20. The topological polar surface area (TPSA) is 27.7 Å².